The lowest BCUT2D eigenvalue weighted by atomic mass is 9.87. The van der Waals surface area contributed by atoms with Crippen LogP contribution >= 0.6 is 0 Å². The smallest absolute Gasteiger partial charge is 0.213 e. The van der Waals surface area contributed by atoms with Crippen LogP contribution in [0.15, 0.2) is 0 Å². The van der Waals surface area contributed by atoms with Crippen molar-refractivity contribution in [2.24, 2.45) is 5.41 Å². The van der Waals surface area contributed by atoms with Gasteiger partial charge < -0.3 is 5.32 Å². The molecular weight excluding hydrogens is 212 g/mol. The van der Waals surface area contributed by atoms with Crippen LogP contribution in [0.2, 0.25) is 0 Å². The minimum absolute atomic E-state index is 0.0479. The third-order valence-corrected chi connectivity index (χ3v) is 4.50. The molecule has 0 saturated carbocycles. The summed E-state index contributed by atoms with van der Waals surface area (Å²) < 4.78 is 24.6. The van der Waals surface area contributed by atoms with Gasteiger partial charge >= 0.3 is 0 Å². The summed E-state index contributed by atoms with van der Waals surface area (Å²) in [5.74, 6) is 0.157. The second-order valence-electron chi connectivity index (χ2n) is 4.89. The largest absolute Gasteiger partial charge is 0.315 e. The van der Waals surface area contributed by atoms with Gasteiger partial charge in [0.05, 0.1) is 5.75 Å². The van der Waals surface area contributed by atoms with Gasteiger partial charge in [-0.25, -0.2) is 12.7 Å². The van der Waals surface area contributed by atoms with Gasteiger partial charge in [-0.3, -0.25) is 0 Å². The zero-order valence-electron chi connectivity index (χ0n) is 10.7. The highest BCUT2D eigenvalue weighted by molar-refractivity contribution is 7.89. The number of rotatable bonds is 5. The van der Waals surface area contributed by atoms with Crippen molar-refractivity contribution in [3.8, 4) is 0 Å². The molecule has 5 heteroatoms. The Morgan fingerprint density at radius 2 is 1.80 bits per heavy atom. The van der Waals surface area contributed by atoms with E-state index in [1.807, 2.05) is 7.05 Å². The first-order valence-electron chi connectivity index (χ1n) is 5.26. The molecule has 0 bridgehead atoms. The van der Waals surface area contributed by atoms with Gasteiger partial charge in [-0.15, -0.1) is 0 Å². The molecule has 0 unspecified atom stereocenters. The van der Waals surface area contributed by atoms with Crippen LogP contribution in [0.1, 0.15) is 27.7 Å². The Kier molecular flexibility index (Phi) is 5.23. The van der Waals surface area contributed by atoms with E-state index in [9.17, 15) is 8.42 Å². The van der Waals surface area contributed by atoms with E-state index in [1.165, 1.54) is 4.31 Å². The van der Waals surface area contributed by atoms with Crippen molar-refractivity contribution < 1.29 is 8.42 Å². The van der Waals surface area contributed by atoms with Crippen LogP contribution in [0, 0.1) is 5.41 Å². The molecule has 0 aromatic carbocycles. The predicted molar refractivity (Wildman–Crippen MR) is 64.4 cm³/mol. The molecule has 0 aliphatic rings. The summed E-state index contributed by atoms with van der Waals surface area (Å²) in [6, 6.07) is 0.156. The first-order valence-corrected chi connectivity index (χ1v) is 6.87. The van der Waals surface area contributed by atoms with Gasteiger partial charge in [0.2, 0.25) is 10.0 Å². The summed E-state index contributed by atoms with van der Waals surface area (Å²) in [5, 5.41) is 3.16. The molecule has 0 radical (unpaired) electrons. The van der Waals surface area contributed by atoms with Crippen LogP contribution < -0.4 is 5.32 Å². The molecule has 0 fully saturated rings. The average molecular weight is 236 g/mol. The highest BCUT2D eigenvalue weighted by Crippen LogP contribution is 2.20. The van der Waals surface area contributed by atoms with Gasteiger partial charge in [0.15, 0.2) is 0 Å². The van der Waals surface area contributed by atoms with E-state index in [0.717, 1.165) is 0 Å². The number of hydrogen-bond donors (Lipinski definition) is 1. The number of hydrogen-bond acceptors (Lipinski definition) is 3. The maximum Gasteiger partial charge on any atom is 0.213 e. The van der Waals surface area contributed by atoms with Crippen LogP contribution in [0.25, 0.3) is 0 Å². The van der Waals surface area contributed by atoms with Gasteiger partial charge in [0.1, 0.15) is 0 Å². The number of nitrogens with one attached hydrogen (secondary N) is 1. The quantitative estimate of drug-likeness (QED) is 0.771. The second kappa shape index (κ2) is 5.27. The van der Waals surface area contributed by atoms with Crippen LogP contribution in [-0.4, -0.2) is 45.2 Å². The molecule has 0 saturated heterocycles. The first kappa shape index (κ1) is 14.9. The van der Waals surface area contributed by atoms with E-state index in [1.54, 1.807) is 14.0 Å². The van der Waals surface area contributed by atoms with Gasteiger partial charge in [-0.1, -0.05) is 20.8 Å². The SMILES string of the molecule is CCS(=O)(=O)N(C)C[C@@H](NC)C(C)(C)C. The average Bonchev–Trinajstić information content (AvgIpc) is 2.11. The van der Waals surface area contributed by atoms with Gasteiger partial charge in [-0.2, -0.15) is 0 Å². The van der Waals surface area contributed by atoms with Crippen molar-refractivity contribution in [2.75, 3.05) is 26.4 Å². The lowest BCUT2D eigenvalue weighted by molar-refractivity contribution is 0.246. The van der Waals surface area contributed by atoms with Gasteiger partial charge in [-0.05, 0) is 19.4 Å². The maximum absolute atomic E-state index is 11.6. The highest BCUT2D eigenvalue weighted by atomic mass is 32.2. The Balaban J connectivity index is 4.59. The molecule has 0 amide bonds. The van der Waals surface area contributed by atoms with Crippen molar-refractivity contribution in [1.29, 1.82) is 0 Å². The molecule has 0 aromatic rings. The van der Waals surface area contributed by atoms with E-state index in [2.05, 4.69) is 26.1 Å². The predicted octanol–water partition coefficient (Wildman–Crippen LogP) is 0.902. The third-order valence-electron chi connectivity index (χ3n) is 2.67. The summed E-state index contributed by atoms with van der Waals surface area (Å²) >= 11 is 0. The summed E-state index contributed by atoms with van der Waals surface area (Å²) in [7, 11) is 0.427. The van der Waals surface area contributed by atoms with E-state index in [0.29, 0.717) is 6.54 Å². The lowest BCUT2D eigenvalue weighted by Crippen LogP contribution is -2.47. The van der Waals surface area contributed by atoms with E-state index < -0.39 is 10.0 Å². The minimum atomic E-state index is -3.07. The van der Waals surface area contributed by atoms with Crippen LogP contribution in [0.4, 0.5) is 0 Å². The maximum atomic E-state index is 11.6. The second-order valence-corrected chi connectivity index (χ2v) is 7.25. The molecule has 0 spiro atoms. The molecule has 1 N–H and O–H groups in total. The standard InChI is InChI=1S/C10H24N2O2S/c1-7-15(13,14)12(6)8-9(11-5)10(2,3)4/h9,11H,7-8H2,1-6H3/t9-/m1/s1. The summed E-state index contributed by atoms with van der Waals surface area (Å²) in [5.41, 5.74) is 0.0479. The van der Waals surface area contributed by atoms with Crippen LogP contribution in [0.3, 0.4) is 0 Å². The summed E-state index contributed by atoms with van der Waals surface area (Å²) in [6.45, 7) is 8.47. The summed E-state index contributed by atoms with van der Waals surface area (Å²) in [6.07, 6.45) is 0. The fraction of sp³-hybridized carbons (Fsp3) is 1.00. The van der Waals surface area contributed by atoms with Crippen molar-refractivity contribution in [2.45, 2.75) is 33.7 Å². The molecule has 0 aliphatic carbocycles. The van der Waals surface area contributed by atoms with Crippen molar-refractivity contribution in [1.82, 2.24) is 9.62 Å². The number of sulfonamides is 1. The Hall–Kier alpha value is -0.130. The number of nitrogens with zero attached hydrogens (tertiary/aromatic N) is 1. The zero-order valence-corrected chi connectivity index (χ0v) is 11.5. The highest BCUT2D eigenvalue weighted by Gasteiger charge is 2.27. The fourth-order valence-electron chi connectivity index (χ4n) is 1.39. The Morgan fingerprint density at radius 1 is 1.33 bits per heavy atom. The Morgan fingerprint density at radius 3 is 2.07 bits per heavy atom. The summed E-state index contributed by atoms with van der Waals surface area (Å²) in [4.78, 5) is 0. The zero-order chi connectivity index (χ0) is 12.3. The third kappa shape index (κ3) is 4.49. The van der Waals surface area contributed by atoms with Gasteiger partial charge in [0.25, 0.3) is 0 Å². The van der Waals surface area contributed by atoms with Crippen LogP contribution in [-0.2, 0) is 10.0 Å². The van der Waals surface area contributed by atoms with E-state index >= 15 is 0 Å². The molecule has 4 nitrogen and oxygen atoms in total. The topological polar surface area (TPSA) is 49.4 Å². The van der Waals surface area contributed by atoms with Crippen LogP contribution in [0.5, 0.6) is 0 Å². The normalized spacial score (nSPS) is 15.7. The molecule has 1 atom stereocenters. The number of likely N-dealkylation sites (N-methyl/N-ethyl adjacent to an activating group) is 2. The van der Waals surface area contributed by atoms with E-state index in [4.69, 9.17) is 0 Å². The molecule has 0 heterocycles. The van der Waals surface area contributed by atoms with Crippen molar-refractivity contribution >= 4 is 10.0 Å². The minimum Gasteiger partial charge on any atom is -0.315 e. The Labute approximate surface area is 94.1 Å². The van der Waals surface area contributed by atoms with E-state index in [-0.39, 0.29) is 17.2 Å². The molecule has 0 aliphatic heterocycles. The van der Waals surface area contributed by atoms with Crippen molar-refractivity contribution in [3.05, 3.63) is 0 Å². The Bertz CT molecular complexity index is 280. The molecule has 0 rings (SSSR count). The fourth-order valence-corrected chi connectivity index (χ4v) is 2.21. The first-order chi connectivity index (χ1) is 6.65. The molecular formula is C10H24N2O2S. The monoisotopic (exact) mass is 236 g/mol. The molecule has 15 heavy (non-hydrogen) atoms. The molecule has 0 aromatic heterocycles. The van der Waals surface area contributed by atoms with Crippen molar-refractivity contribution in [3.63, 3.8) is 0 Å². The van der Waals surface area contributed by atoms with Gasteiger partial charge in [0, 0.05) is 19.6 Å². The lowest BCUT2D eigenvalue weighted by Gasteiger charge is -2.33. The molecule has 92 valence electrons.